The Bertz CT molecular complexity index is 1240. The van der Waals surface area contributed by atoms with Crippen LogP contribution in [0.25, 0.3) is 11.1 Å². The van der Waals surface area contributed by atoms with E-state index >= 15 is 0 Å². The summed E-state index contributed by atoms with van der Waals surface area (Å²) in [5, 5.41) is 20.0. The number of fused-ring (bicyclic) bond motifs is 4. The minimum Gasteiger partial charge on any atom is -0.508 e. The highest BCUT2D eigenvalue weighted by Crippen LogP contribution is 2.51. The molecule has 1 unspecified atom stereocenters. The molecule has 6 rings (SSSR count). The standard InChI is InChI=1S/C28H27NO5/c30-19-6-10-23-25(15-19)33-17-24-22-9-5-20(31)16-26(22)34-28(27(23)24)18-3-7-21(8-4-18)32-14-13-29-11-1-2-12-29/h3-10,15-16,28,30-31H,1-2,11-14,17H2. The molecule has 34 heavy (non-hydrogen) atoms. The zero-order chi connectivity index (χ0) is 23.1. The second-order valence-electron chi connectivity index (χ2n) is 9.01. The summed E-state index contributed by atoms with van der Waals surface area (Å²) in [5.41, 5.74) is 4.82. The summed E-state index contributed by atoms with van der Waals surface area (Å²) in [4.78, 5) is 2.44. The topological polar surface area (TPSA) is 71.4 Å². The van der Waals surface area contributed by atoms with Gasteiger partial charge < -0.3 is 24.4 Å². The molecule has 1 atom stereocenters. The Morgan fingerprint density at radius 2 is 1.56 bits per heavy atom. The molecule has 0 aromatic heterocycles. The molecule has 0 saturated carbocycles. The van der Waals surface area contributed by atoms with Gasteiger partial charge in [-0.15, -0.1) is 0 Å². The Morgan fingerprint density at radius 3 is 2.32 bits per heavy atom. The molecule has 3 aromatic rings. The van der Waals surface area contributed by atoms with Crippen LogP contribution in [0, 0.1) is 0 Å². The van der Waals surface area contributed by atoms with Crippen molar-refractivity contribution in [1.29, 1.82) is 0 Å². The average Bonchev–Trinajstić information content (AvgIpc) is 3.37. The fourth-order valence-corrected chi connectivity index (χ4v) is 5.08. The summed E-state index contributed by atoms with van der Waals surface area (Å²) in [6.07, 6.45) is 2.18. The van der Waals surface area contributed by atoms with Crippen LogP contribution in [0.3, 0.4) is 0 Å². The van der Waals surface area contributed by atoms with Gasteiger partial charge in [0.05, 0.1) is 0 Å². The molecule has 6 nitrogen and oxygen atoms in total. The van der Waals surface area contributed by atoms with E-state index in [2.05, 4.69) is 4.90 Å². The third-order valence-electron chi connectivity index (χ3n) is 6.81. The van der Waals surface area contributed by atoms with Crippen molar-refractivity contribution in [3.63, 3.8) is 0 Å². The fourth-order valence-electron chi connectivity index (χ4n) is 5.08. The Labute approximate surface area is 198 Å². The number of phenols is 2. The molecule has 0 bridgehead atoms. The molecule has 3 aliphatic rings. The first-order chi connectivity index (χ1) is 16.7. The summed E-state index contributed by atoms with van der Waals surface area (Å²) in [6.45, 7) is 4.32. The summed E-state index contributed by atoms with van der Waals surface area (Å²) in [5.74, 6) is 2.42. The molecule has 6 heteroatoms. The molecule has 3 aromatic carbocycles. The van der Waals surface area contributed by atoms with E-state index in [9.17, 15) is 10.2 Å². The van der Waals surface area contributed by atoms with Crippen LogP contribution in [-0.4, -0.2) is 48.0 Å². The SMILES string of the molecule is Oc1ccc2c(c1)OC(c1ccc(OCCN3CCCC3)cc1)C1=C2COc2cc(O)ccc21. The van der Waals surface area contributed by atoms with Crippen LogP contribution in [0.4, 0.5) is 0 Å². The van der Waals surface area contributed by atoms with Gasteiger partial charge in [0.25, 0.3) is 0 Å². The highest BCUT2D eigenvalue weighted by molar-refractivity contribution is 5.99. The Hall–Kier alpha value is -3.64. The van der Waals surface area contributed by atoms with E-state index in [0.717, 1.165) is 40.1 Å². The third kappa shape index (κ3) is 3.84. The van der Waals surface area contributed by atoms with E-state index < -0.39 is 0 Å². The average molecular weight is 458 g/mol. The highest BCUT2D eigenvalue weighted by Gasteiger charge is 2.35. The maximum atomic E-state index is 10.1. The second-order valence-corrected chi connectivity index (χ2v) is 9.01. The number of hydrogen-bond donors (Lipinski definition) is 2. The number of ether oxygens (including phenoxy) is 3. The maximum absolute atomic E-state index is 10.1. The molecule has 0 amide bonds. The van der Waals surface area contributed by atoms with Crippen LogP contribution in [0.1, 0.15) is 35.6 Å². The van der Waals surface area contributed by atoms with Gasteiger partial charge in [0, 0.05) is 41.0 Å². The van der Waals surface area contributed by atoms with E-state index in [1.807, 2.05) is 36.4 Å². The van der Waals surface area contributed by atoms with E-state index in [1.54, 1.807) is 24.3 Å². The predicted octanol–water partition coefficient (Wildman–Crippen LogP) is 5.01. The first kappa shape index (κ1) is 20.9. The summed E-state index contributed by atoms with van der Waals surface area (Å²) in [6, 6.07) is 18.4. The molecular weight excluding hydrogens is 430 g/mol. The van der Waals surface area contributed by atoms with Crippen LogP contribution < -0.4 is 14.2 Å². The van der Waals surface area contributed by atoms with Gasteiger partial charge in [-0.25, -0.2) is 0 Å². The smallest absolute Gasteiger partial charge is 0.150 e. The van der Waals surface area contributed by atoms with Crippen LogP contribution in [0.5, 0.6) is 28.7 Å². The number of hydrogen-bond acceptors (Lipinski definition) is 6. The lowest BCUT2D eigenvalue weighted by molar-refractivity contribution is 0.237. The van der Waals surface area contributed by atoms with Crippen molar-refractivity contribution in [3.8, 4) is 28.7 Å². The predicted molar refractivity (Wildman–Crippen MR) is 130 cm³/mol. The lowest BCUT2D eigenvalue weighted by Gasteiger charge is -2.35. The number of rotatable bonds is 5. The Balaban J connectivity index is 1.32. The quantitative estimate of drug-likeness (QED) is 0.561. The molecule has 0 aliphatic carbocycles. The van der Waals surface area contributed by atoms with Gasteiger partial charge in [0.2, 0.25) is 0 Å². The third-order valence-corrected chi connectivity index (χ3v) is 6.81. The van der Waals surface area contributed by atoms with Crippen molar-refractivity contribution in [1.82, 2.24) is 4.90 Å². The lowest BCUT2D eigenvalue weighted by Crippen LogP contribution is -2.25. The minimum absolute atomic E-state index is 0.158. The van der Waals surface area contributed by atoms with E-state index in [1.165, 1.54) is 25.9 Å². The zero-order valence-corrected chi connectivity index (χ0v) is 18.9. The molecule has 0 radical (unpaired) electrons. The van der Waals surface area contributed by atoms with E-state index in [-0.39, 0.29) is 17.6 Å². The first-order valence-electron chi connectivity index (χ1n) is 11.8. The van der Waals surface area contributed by atoms with Crippen molar-refractivity contribution >= 4 is 11.1 Å². The van der Waals surface area contributed by atoms with Crippen LogP contribution in [0.2, 0.25) is 0 Å². The summed E-state index contributed by atoms with van der Waals surface area (Å²) >= 11 is 0. The molecule has 1 fully saturated rings. The van der Waals surface area contributed by atoms with Crippen LogP contribution in [-0.2, 0) is 0 Å². The second kappa shape index (κ2) is 8.61. The molecule has 3 heterocycles. The molecule has 0 spiro atoms. The molecule has 1 saturated heterocycles. The monoisotopic (exact) mass is 457 g/mol. The number of likely N-dealkylation sites (tertiary alicyclic amines) is 1. The summed E-state index contributed by atoms with van der Waals surface area (Å²) in [7, 11) is 0. The van der Waals surface area contributed by atoms with Crippen LogP contribution >= 0.6 is 0 Å². The number of benzene rings is 3. The zero-order valence-electron chi connectivity index (χ0n) is 18.9. The van der Waals surface area contributed by atoms with Gasteiger partial charge in [0.15, 0.2) is 6.10 Å². The Kier molecular flexibility index (Phi) is 5.30. The van der Waals surface area contributed by atoms with Gasteiger partial charge in [-0.1, -0.05) is 12.1 Å². The van der Waals surface area contributed by atoms with Crippen molar-refractivity contribution in [2.24, 2.45) is 0 Å². The van der Waals surface area contributed by atoms with Crippen molar-refractivity contribution in [2.45, 2.75) is 18.9 Å². The normalized spacial score (nSPS) is 19.0. The number of nitrogens with zero attached hydrogens (tertiary/aromatic N) is 1. The fraction of sp³-hybridized carbons (Fsp3) is 0.286. The van der Waals surface area contributed by atoms with Gasteiger partial charge in [0.1, 0.15) is 42.0 Å². The van der Waals surface area contributed by atoms with Gasteiger partial charge in [-0.05, 0) is 67.9 Å². The Morgan fingerprint density at radius 1 is 0.853 bits per heavy atom. The van der Waals surface area contributed by atoms with E-state index in [0.29, 0.717) is 24.7 Å². The summed E-state index contributed by atoms with van der Waals surface area (Å²) < 4.78 is 18.4. The highest BCUT2D eigenvalue weighted by atomic mass is 16.5. The molecule has 2 N–H and O–H groups in total. The van der Waals surface area contributed by atoms with Crippen molar-refractivity contribution < 1.29 is 24.4 Å². The van der Waals surface area contributed by atoms with E-state index in [4.69, 9.17) is 14.2 Å². The van der Waals surface area contributed by atoms with Crippen molar-refractivity contribution in [2.75, 3.05) is 32.8 Å². The van der Waals surface area contributed by atoms with Crippen LogP contribution in [0.15, 0.2) is 60.7 Å². The maximum Gasteiger partial charge on any atom is 0.150 e. The number of phenolic OH excluding ortho intramolecular Hbond substituents is 2. The van der Waals surface area contributed by atoms with Gasteiger partial charge >= 0.3 is 0 Å². The molecule has 3 aliphatic heterocycles. The molecular formula is C28H27NO5. The minimum atomic E-state index is -0.379. The first-order valence-corrected chi connectivity index (χ1v) is 11.8. The van der Waals surface area contributed by atoms with Gasteiger partial charge in [-0.2, -0.15) is 0 Å². The number of aromatic hydroxyl groups is 2. The van der Waals surface area contributed by atoms with Gasteiger partial charge in [-0.3, -0.25) is 4.90 Å². The van der Waals surface area contributed by atoms with Crippen molar-refractivity contribution in [3.05, 3.63) is 77.4 Å². The lowest BCUT2D eigenvalue weighted by atomic mass is 9.84. The largest absolute Gasteiger partial charge is 0.508 e. The molecule has 174 valence electrons.